The first kappa shape index (κ1) is 16.5. The molecule has 0 atom stereocenters. The minimum Gasteiger partial charge on any atom is -0.353 e. The van der Waals surface area contributed by atoms with Gasteiger partial charge in [0.05, 0.1) is 5.54 Å². The van der Waals surface area contributed by atoms with Crippen LogP contribution in [-0.4, -0.2) is 34.0 Å². The van der Waals surface area contributed by atoms with Crippen LogP contribution in [-0.2, 0) is 4.79 Å². The fourth-order valence-electron chi connectivity index (χ4n) is 3.95. The first-order valence-corrected chi connectivity index (χ1v) is 7.64. The molecule has 19 heavy (non-hydrogen) atoms. The maximum atomic E-state index is 12.2. The monoisotopic (exact) mass is 268 g/mol. The predicted octanol–water partition coefficient (Wildman–Crippen LogP) is 3.33. The summed E-state index contributed by atoms with van der Waals surface area (Å²) in [4.78, 5) is 14.7. The van der Waals surface area contributed by atoms with Crippen LogP contribution < -0.4 is 5.32 Å². The molecule has 1 amide bonds. The van der Waals surface area contributed by atoms with Gasteiger partial charge in [0.25, 0.3) is 0 Å². The predicted molar refractivity (Wildman–Crippen MR) is 81.2 cm³/mol. The van der Waals surface area contributed by atoms with Crippen LogP contribution in [0.1, 0.15) is 74.1 Å². The van der Waals surface area contributed by atoms with Gasteiger partial charge in [-0.3, -0.25) is 9.69 Å². The highest BCUT2D eigenvalue weighted by molar-refractivity contribution is 5.86. The zero-order chi connectivity index (χ0) is 14.9. The average Bonchev–Trinajstić information content (AvgIpc) is 2.23. The van der Waals surface area contributed by atoms with Crippen LogP contribution in [0.2, 0.25) is 0 Å². The van der Waals surface area contributed by atoms with Crippen molar-refractivity contribution in [3.63, 3.8) is 0 Å². The second-order valence-electron chi connectivity index (χ2n) is 7.66. The van der Waals surface area contributed by atoms with Crippen LogP contribution in [0.5, 0.6) is 0 Å². The Hall–Kier alpha value is -0.570. The second kappa shape index (κ2) is 5.43. The number of carbonyl (C=O) groups excluding carboxylic acids is 1. The molecule has 1 heterocycles. The van der Waals surface area contributed by atoms with Crippen LogP contribution in [0.25, 0.3) is 0 Å². The molecule has 1 aliphatic rings. The fourth-order valence-corrected chi connectivity index (χ4v) is 3.95. The SMILES string of the molecule is CCCCCC(C)(C)N1C(C)(C)CNC(=O)C1(C)C. The summed E-state index contributed by atoms with van der Waals surface area (Å²) in [5.74, 6) is 0.149. The highest BCUT2D eigenvalue weighted by Crippen LogP contribution is 2.38. The minimum absolute atomic E-state index is 0.00682. The molecule has 112 valence electrons. The van der Waals surface area contributed by atoms with Crippen molar-refractivity contribution < 1.29 is 4.79 Å². The van der Waals surface area contributed by atoms with E-state index in [9.17, 15) is 4.79 Å². The van der Waals surface area contributed by atoms with Gasteiger partial charge in [0.1, 0.15) is 0 Å². The number of unbranched alkanes of at least 4 members (excludes halogenated alkanes) is 2. The standard InChI is InChI=1S/C16H32N2O/c1-8-9-10-11-14(2,3)18-15(4,5)12-17-13(19)16(18,6)7/h8-12H2,1-7H3,(H,17,19). The van der Waals surface area contributed by atoms with E-state index >= 15 is 0 Å². The zero-order valence-corrected chi connectivity index (χ0v) is 13.9. The molecule has 0 unspecified atom stereocenters. The summed E-state index contributed by atoms with van der Waals surface area (Å²) in [6.07, 6.45) is 4.88. The van der Waals surface area contributed by atoms with Crippen molar-refractivity contribution in [3.05, 3.63) is 0 Å². The van der Waals surface area contributed by atoms with Crippen LogP contribution >= 0.6 is 0 Å². The quantitative estimate of drug-likeness (QED) is 0.776. The lowest BCUT2D eigenvalue weighted by atomic mass is 9.80. The van der Waals surface area contributed by atoms with E-state index in [1.165, 1.54) is 19.3 Å². The van der Waals surface area contributed by atoms with Gasteiger partial charge in [0, 0.05) is 17.6 Å². The van der Waals surface area contributed by atoms with Gasteiger partial charge in [-0.25, -0.2) is 0 Å². The molecule has 1 N–H and O–H groups in total. The molecule has 0 spiro atoms. The Morgan fingerprint density at radius 3 is 2.32 bits per heavy atom. The van der Waals surface area contributed by atoms with Crippen LogP contribution in [0, 0.1) is 0 Å². The highest BCUT2D eigenvalue weighted by atomic mass is 16.2. The van der Waals surface area contributed by atoms with Gasteiger partial charge in [-0.15, -0.1) is 0 Å². The average molecular weight is 268 g/mol. The third-order valence-corrected chi connectivity index (χ3v) is 4.40. The Labute approximate surface area is 119 Å². The summed E-state index contributed by atoms with van der Waals surface area (Å²) in [7, 11) is 0. The van der Waals surface area contributed by atoms with Crippen molar-refractivity contribution in [2.75, 3.05) is 6.54 Å². The number of carbonyl (C=O) groups is 1. The van der Waals surface area contributed by atoms with Crippen molar-refractivity contribution in [2.45, 2.75) is 90.8 Å². The van der Waals surface area contributed by atoms with Gasteiger partial charge in [-0.1, -0.05) is 26.2 Å². The maximum absolute atomic E-state index is 12.2. The molecule has 0 aromatic heterocycles. The number of nitrogens with one attached hydrogen (secondary N) is 1. The number of rotatable bonds is 5. The van der Waals surface area contributed by atoms with E-state index in [4.69, 9.17) is 0 Å². The van der Waals surface area contributed by atoms with Gasteiger partial charge < -0.3 is 5.32 Å². The minimum atomic E-state index is -0.447. The first-order chi connectivity index (χ1) is 8.55. The number of nitrogens with zero attached hydrogens (tertiary/aromatic N) is 1. The molecule has 1 rings (SSSR count). The van der Waals surface area contributed by atoms with Gasteiger partial charge in [-0.2, -0.15) is 0 Å². The molecule has 3 nitrogen and oxygen atoms in total. The van der Waals surface area contributed by atoms with Gasteiger partial charge in [0.15, 0.2) is 0 Å². The Morgan fingerprint density at radius 1 is 1.21 bits per heavy atom. The van der Waals surface area contributed by atoms with Crippen molar-refractivity contribution in [3.8, 4) is 0 Å². The summed E-state index contributed by atoms with van der Waals surface area (Å²) < 4.78 is 0. The van der Waals surface area contributed by atoms with Gasteiger partial charge in [0.2, 0.25) is 5.91 Å². The Bertz CT molecular complexity index is 332. The first-order valence-electron chi connectivity index (χ1n) is 7.64. The molecule has 0 aromatic carbocycles. The third kappa shape index (κ3) is 3.31. The summed E-state index contributed by atoms with van der Waals surface area (Å²) >= 11 is 0. The van der Waals surface area contributed by atoms with Crippen molar-refractivity contribution >= 4 is 5.91 Å². The van der Waals surface area contributed by atoms with Crippen molar-refractivity contribution in [1.29, 1.82) is 0 Å². The molecular formula is C16H32N2O. The van der Waals surface area contributed by atoms with E-state index in [0.717, 1.165) is 13.0 Å². The van der Waals surface area contributed by atoms with E-state index < -0.39 is 5.54 Å². The number of piperazine rings is 1. The molecule has 0 radical (unpaired) electrons. The Balaban J connectivity index is 2.99. The second-order valence-corrected chi connectivity index (χ2v) is 7.66. The molecule has 0 saturated carbocycles. The molecule has 0 bridgehead atoms. The molecule has 1 aliphatic heterocycles. The highest BCUT2D eigenvalue weighted by Gasteiger charge is 2.52. The number of amides is 1. The fraction of sp³-hybridized carbons (Fsp3) is 0.938. The lowest BCUT2D eigenvalue weighted by Crippen LogP contribution is -2.75. The third-order valence-electron chi connectivity index (χ3n) is 4.40. The van der Waals surface area contributed by atoms with Crippen LogP contribution in [0.4, 0.5) is 0 Å². The largest absolute Gasteiger partial charge is 0.353 e. The summed E-state index contributed by atoms with van der Waals surface area (Å²) in [5, 5.41) is 3.05. The van der Waals surface area contributed by atoms with E-state index in [2.05, 4.69) is 44.8 Å². The topological polar surface area (TPSA) is 32.3 Å². The van der Waals surface area contributed by atoms with Crippen LogP contribution in [0.3, 0.4) is 0 Å². The van der Waals surface area contributed by atoms with E-state index in [0.29, 0.717) is 0 Å². The summed E-state index contributed by atoms with van der Waals surface area (Å²) in [5.41, 5.74) is -0.412. The lowest BCUT2D eigenvalue weighted by Gasteiger charge is -2.58. The van der Waals surface area contributed by atoms with Crippen LogP contribution in [0.15, 0.2) is 0 Å². The Morgan fingerprint density at radius 2 is 1.79 bits per heavy atom. The smallest absolute Gasteiger partial charge is 0.240 e. The van der Waals surface area contributed by atoms with Gasteiger partial charge in [-0.05, 0) is 48.0 Å². The van der Waals surface area contributed by atoms with E-state index in [1.54, 1.807) is 0 Å². The number of hydrogen-bond acceptors (Lipinski definition) is 2. The molecule has 0 aromatic rings. The lowest BCUT2D eigenvalue weighted by molar-refractivity contribution is -0.154. The number of hydrogen-bond donors (Lipinski definition) is 1. The van der Waals surface area contributed by atoms with Crippen molar-refractivity contribution in [1.82, 2.24) is 10.2 Å². The summed E-state index contributed by atoms with van der Waals surface area (Å²) in [6.45, 7) is 16.1. The zero-order valence-electron chi connectivity index (χ0n) is 13.9. The Kier molecular flexibility index (Phi) is 4.71. The van der Waals surface area contributed by atoms with Gasteiger partial charge >= 0.3 is 0 Å². The van der Waals surface area contributed by atoms with E-state index in [-0.39, 0.29) is 17.0 Å². The molecule has 1 fully saturated rings. The van der Waals surface area contributed by atoms with E-state index in [1.807, 2.05) is 13.8 Å². The summed E-state index contributed by atoms with van der Waals surface area (Å²) in [6, 6.07) is 0. The molecule has 3 heteroatoms. The maximum Gasteiger partial charge on any atom is 0.240 e. The molecule has 1 saturated heterocycles. The molecular weight excluding hydrogens is 236 g/mol. The molecule has 0 aliphatic carbocycles. The normalized spacial score (nSPS) is 23.2. The van der Waals surface area contributed by atoms with Crippen molar-refractivity contribution in [2.24, 2.45) is 0 Å².